The molecule has 2 atom stereocenters. The van der Waals surface area contributed by atoms with Crippen molar-refractivity contribution in [3.63, 3.8) is 0 Å². The Morgan fingerprint density at radius 1 is 0.446 bits per heavy atom. The van der Waals surface area contributed by atoms with Gasteiger partial charge in [-0.2, -0.15) is 0 Å². The minimum absolute atomic E-state index is 0.228. The molecule has 9 rings (SSSR count). The van der Waals surface area contributed by atoms with Crippen LogP contribution in [-0.4, -0.2) is 34.2 Å². The lowest BCUT2D eigenvalue weighted by Crippen LogP contribution is -2.62. The van der Waals surface area contributed by atoms with Gasteiger partial charge in [-0.1, -0.05) is 91.3 Å². The van der Waals surface area contributed by atoms with E-state index in [0.717, 1.165) is 60.2 Å². The van der Waals surface area contributed by atoms with E-state index in [-0.39, 0.29) is 11.8 Å². The maximum absolute atomic E-state index is 7.65. The lowest BCUT2D eigenvalue weighted by Gasteiger charge is -2.54. The van der Waals surface area contributed by atoms with Crippen LogP contribution in [0, 0.1) is 11.8 Å². The molecule has 8 heteroatoms. The number of methoxy groups -OCH3 is 4. The predicted octanol–water partition coefficient (Wildman–Crippen LogP) is 7.92. The highest BCUT2D eigenvalue weighted by Crippen LogP contribution is 2.55. The van der Waals surface area contributed by atoms with Crippen LogP contribution >= 0.6 is 15.8 Å². The van der Waals surface area contributed by atoms with Crippen LogP contribution in [0.1, 0.15) is 30.4 Å². The molecule has 6 nitrogen and oxygen atoms in total. The van der Waals surface area contributed by atoms with Crippen LogP contribution in [0.3, 0.4) is 0 Å². The Morgan fingerprint density at radius 3 is 1.07 bits per heavy atom. The van der Waals surface area contributed by atoms with Crippen LogP contribution in [0.25, 0.3) is 0 Å². The van der Waals surface area contributed by atoms with E-state index in [9.17, 15) is 0 Å². The molecule has 1 spiro atoms. The first-order valence-corrected chi connectivity index (χ1v) is 22.0. The summed E-state index contributed by atoms with van der Waals surface area (Å²) in [5.74, 6) is 4.97. The van der Waals surface area contributed by atoms with Gasteiger partial charge in [0.25, 0.3) is 5.79 Å². The largest absolute Gasteiger partial charge is 0.497 e. The molecule has 284 valence electrons. The van der Waals surface area contributed by atoms with Gasteiger partial charge in [0.15, 0.2) is 0 Å². The molecule has 0 saturated heterocycles. The fraction of sp³-hybridized carbons (Fsp3) is 0.250. The number of hydrogen-bond acceptors (Lipinski definition) is 6. The monoisotopic (exact) mass is 780 g/mol. The SMILES string of the molecule is COc1ccc(P(c2ccc(OC)cc2)c2cccc3c2OC24Oc5c(cccc5P(c5ccc(OC)cc5)c5ccc(OC)cc5)C[C@H]2CCC[C@@H]4C3)cc1. The van der Waals surface area contributed by atoms with Crippen molar-refractivity contribution >= 4 is 47.7 Å². The minimum atomic E-state index is -0.995. The van der Waals surface area contributed by atoms with Gasteiger partial charge in [0.2, 0.25) is 0 Å². The predicted molar refractivity (Wildman–Crippen MR) is 229 cm³/mol. The first-order valence-electron chi connectivity index (χ1n) is 19.3. The molecule has 0 amide bonds. The summed E-state index contributed by atoms with van der Waals surface area (Å²) < 4.78 is 37.6. The highest BCUT2D eigenvalue weighted by atomic mass is 31.1. The molecule has 0 N–H and O–H groups in total. The molecule has 3 aliphatic rings. The molecule has 6 aromatic carbocycles. The minimum Gasteiger partial charge on any atom is -0.497 e. The molecule has 1 fully saturated rings. The topological polar surface area (TPSA) is 55.4 Å². The fourth-order valence-electron chi connectivity index (χ4n) is 8.87. The van der Waals surface area contributed by atoms with Crippen molar-refractivity contribution < 1.29 is 28.4 Å². The normalized spacial score (nSPS) is 19.4. The van der Waals surface area contributed by atoms with E-state index in [0.29, 0.717) is 0 Å². The number of ether oxygens (including phenoxy) is 6. The van der Waals surface area contributed by atoms with Crippen molar-refractivity contribution in [2.75, 3.05) is 28.4 Å². The smallest absolute Gasteiger partial charge is 0.257 e. The molecule has 56 heavy (non-hydrogen) atoms. The van der Waals surface area contributed by atoms with Gasteiger partial charge in [-0.15, -0.1) is 0 Å². The molecule has 2 heterocycles. The zero-order valence-corrected chi connectivity index (χ0v) is 34.0. The number of para-hydroxylation sites is 2. The van der Waals surface area contributed by atoms with Crippen molar-refractivity contribution in [3.05, 3.63) is 145 Å². The Labute approximate surface area is 332 Å². The third kappa shape index (κ3) is 6.57. The highest BCUT2D eigenvalue weighted by Gasteiger charge is 2.57. The molecule has 0 radical (unpaired) electrons. The van der Waals surface area contributed by atoms with Gasteiger partial charge >= 0.3 is 0 Å². The Bertz CT molecular complexity index is 2050. The third-order valence-corrected chi connectivity index (χ3v) is 16.6. The molecule has 2 aliphatic heterocycles. The molecule has 1 aliphatic carbocycles. The van der Waals surface area contributed by atoms with E-state index < -0.39 is 21.6 Å². The summed E-state index contributed by atoms with van der Waals surface area (Å²) >= 11 is 0. The maximum atomic E-state index is 7.65. The van der Waals surface area contributed by atoms with Crippen LogP contribution in [-0.2, 0) is 12.8 Å². The van der Waals surface area contributed by atoms with E-state index in [2.05, 4.69) is 133 Å². The van der Waals surface area contributed by atoms with Gasteiger partial charge in [0.1, 0.15) is 34.5 Å². The van der Waals surface area contributed by atoms with E-state index in [1.807, 2.05) is 0 Å². The molecule has 1 saturated carbocycles. The molecular formula is C48H46O6P2. The van der Waals surface area contributed by atoms with Crippen LogP contribution in [0.4, 0.5) is 0 Å². The quantitative estimate of drug-likeness (QED) is 0.132. The third-order valence-electron chi connectivity index (χ3n) is 11.7. The second-order valence-electron chi connectivity index (χ2n) is 14.7. The Kier molecular flexibility index (Phi) is 10.1. The summed E-state index contributed by atoms with van der Waals surface area (Å²) in [4.78, 5) is 0. The summed E-state index contributed by atoms with van der Waals surface area (Å²) in [6.45, 7) is 0. The lowest BCUT2D eigenvalue weighted by atomic mass is 9.68. The average molecular weight is 781 g/mol. The second-order valence-corrected chi connectivity index (χ2v) is 19.0. The van der Waals surface area contributed by atoms with E-state index in [1.165, 1.54) is 49.4 Å². The van der Waals surface area contributed by atoms with Gasteiger partial charge in [-0.05, 0) is 122 Å². The Morgan fingerprint density at radius 2 is 0.768 bits per heavy atom. The van der Waals surface area contributed by atoms with Crippen molar-refractivity contribution in [1.29, 1.82) is 0 Å². The van der Waals surface area contributed by atoms with Crippen molar-refractivity contribution in [3.8, 4) is 34.5 Å². The van der Waals surface area contributed by atoms with Crippen molar-refractivity contribution in [2.45, 2.75) is 37.9 Å². The number of rotatable bonds is 10. The van der Waals surface area contributed by atoms with Gasteiger partial charge in [0, 0.05) is 22.4 Å². The van der Waals surface area contributed by atoms with E-state index >= 15 is 0 Å². The summed E-state index contributed by atoms with van der Waals surface area (Å²) in [6.07, 6.45) is 5.13. The Hall–Kier alpha value is -5.02. The lowest BCUT2D eigenvalue weighted by molar-refractivity contribution is -0.225. The van der Waals surface area contributed by atoms with Crippen molar-refractivity contribution in [1.82, 2.24) is 0 Å². The van der Waals surface area contributed by atoms with Gasteiger partial charge in [-0.25, -0.2) is 0 Å². The highest BCUT2D eigenvalue weighted by molar-refractivity contribution is 7.80. The van der Waals surface area contributed by atoms with Crippen LogP contribution in [0.5, 0.6) is 34.5 Å². The van der Waals surface area contributed by atoms with E-state index in [1.54, 1.807) is 28.4 Å². The Balaban J connectivity index is 1.17. The number of hydrogen-bond donors (Lipinski definition) is 0. The van der Waals surface area contributed by atoms with Gasteiger partial charge in [-0.3, -0.25) is 0 Å². The van der Waals surface area contributed by atoms with Crippen LogP contribution in [0.2, 0.25) is 0 Å². The van der Waals surface area contributed by atoms with E-state index in [4.69, 9.17) is 28.4 Å². The van der Waals surface area contributed by atoms with Gasteiger partial charge < -0.3 is 28.4 Å². The van der Waals surface area contributed by atoms with Crippen LogP contribution in [0.15, 0.2) is 133 Å². The fourth-order valence-corrected chi connectivity index (χ4v) is 13.6. The first kappa shape index (κ1) is 36.6. The zero-order chi connectivity index (χ0) is 38.2. The molecule has 0 aromatic heterocycles. The molecule has 6 aromatic rings. The summed E-state index contributed by atoms with van der Waals surface area (Å²) in [7, 11) is 4.86. The molecule has 0 bridgehead atoms. The zero-order valence-electron chi connectivity index (χ0n) is 32.2. The summed E-state index contributed by atoms with van der Waals surface area (Å²) in [5, 5.41) is 7.31. The maximum Gasteiger partial charge on any atom is 0.257 e. The summed E-state index contributed by atoms with van der Waals surface area (Å²) in [5.41, 5.74) is 2.52. The number of benzene rings is 6. The average Bonchev–Trinajstić information content (AvgIpc) is 3.25. The van der Waals surface area contributed by atoms with Crippen LogP contribution < -0.4 is 60.2 Å². The molecular weight excluding hydrogens is 734 g/mol. The molecule has 0 unspecified atom stereocenters. The van der Waals surface area contributed by atoms with Gasteiger partial charge in [0.05, 0.1) is 28.4 Å². The second kappa shape index (κ2) is 15.5. The van der Waals surface area contributed by atoms with Crippen molar-refractivity contribution in [2.24, 2.45) is 11.8 Å². The first-order chi connectivity index (χ1) is 27.5. The summed E-state index contributed by atoms with van der Waals surface area (Å²) in [6, 6.07) is 47.5. The number of fused-ring (bicyclic) bond motifs is 2. The standard InChI is InChI=1S/C48H46O6P2/c1-49-36-14-22-40(23-15-36)55(41-24-16-37(50-2)17-25-41)44-12-5-8-32-30-34-10-7-11-35-31-33-9-6-13-45(47(33)54-48(34,35)53-46(32)44)56(42-26-18-38(51-3)19-27-42)43-28-20-39(52-4)21-29-43/h5-6,8-9,12-29,34-35H,7,10-11,30-31H2,1-4H3/t34-,35-,48?/m1/s1.